The summed E-state index contributed by atoms with van der Waals surface area (Å²) in [5.41, 5.74) is 1.09. The van der Waals surface area contributed by atoms with Crippen LogP contribution in [0, 0.1) is 6.92 Å². The molecule has 0 amide bonds. The van der Waals surface area contributed by atoms with Gasteiger partial charge in [-0.2, -0.15) is 0 Å². The van der Waals surface area contributed by atoms with Crippen molar-refractivity contribution < 1.29 is 8.42 Å². The first-order valence-electron chi connectivity index (χ1n) is 6.19. The van der Waals surface area contributed by atoms with Crippen LogP contribution in [-0.2, 0) is 10.0 Å². The summed E-state index contributed by atoms with van der Waals surface area (Å²) in [6, 6.07) is 1.99. The first kappa shape index (κ1) is 14.7. The molecule has 0 bridgehead atoms. The third-order valence-electron chi connectivity index (χ3n) is 3.12. The topological polar surface area (TPSA) is 62.3 Å². The van der Waals surface area contributed by atoms with Gasteiger partial charge in [-0.3, -0.25) is 0 Å². The molecule has 2 rings (SSSR count). The van der Waals surface area contributed by atoms with Crippen LogP contribution < -0.4 is 9.62 Å². The largest absolute Gasteiger partial charge is 0.355 e. The normalized spacial score (nSPS) is 20.6. The van der Waals surface area contributed by atoms with Gasteiger partial charge in [-0.05, 0) is 47.3 Å². The molecule has 2 heterocycles. The van der Waals surface area contributed by atoms with E-state index in [-0.39, 0.29) is 6.04 Å². The van der Waals surface area contributed by atoms with Crippen molar-refractivity contribution in [3.8, 4) is 0 Å². The number of nitrogens with one attached hydrogen (secondary N) is 1. The van der Waals surface area contributed by atoms with Crippen LogP contribution in [-0.4, -0.2) is 38.8 Å². The summed E-state index contributed by atoms with van der Waals surface area (Å²) in [6.45, 7) is 3.60. The number of piperidine rings is 1. The van der Waals surface area contributed by atoms with E-state index in [2.05, 4.69) is 30.5 Å². The Hall–Kier alpha value is -0.660. The van der Waals surface area contributed by atoms with Crippen LogP contribution in [0.5, 0.6) is 0 Å². The maximum Gasteiger partial charge on any atom is 0.209 e. The predicted octanol–water partition coefficient (Wildman–Crippen LogP) is 1.67. The lowest BCUT2D eigenvalue weighted by atomic mass is 10.1. The fourth-order valence-electron chi connectivity index (χ4n) is 2.43. The molecule has 106 valence electrons. The predicted molar refractivity (Wildman–Crippen MR) is 79.9 cm³/mol. The molecule has 1 aliphatic rings. The van der Waals surface area contributed by atoms with Crippen molar-refractivity contribution >= 4 is 31.8 Å². The molecule has 1 fully saturated rings. The fraction of sp³-hybridized carbons (Fsp3) is 0.583. The number of sulfonamides is 1. The van der Waals surface area contributed by atoms with E-state index in [9.17, 15) is 8.42 Å². The number of aryl methyl sites for hydroxylation is 1. The van der Waals surface area contributed by atoms with Crippen molar-refractivity contribution in [3.05, 3.63) is 22.3 Å². The van der Waals surface area contributed by atoms with Crippen molar-refractivity contribution in [2.75, 3.05) is 24.2 Å². The Morgan fingerprint density at radius 2 is 2.26 bits per heavy atom. The molecule has 1 aromatic rings. The van der Waals surface area contributed by atoms with Crippen LogP contribution in [0.4, 0.5) is 5.82 Å². The third-order valence-corrected chi connectivity index (χ3v) is 4.31. The summed E-state index contributed by atoms with van der Waals surface area (Å²) in [4.78, 5) is 6.58. The van der Waals surface area contributed by atoms with E-state index < -0.39 is 10.0 Å². The zero-order valence-corrected chi connectivity index (χ0v) is 13.5. The van der Waals surface area contributed by atoms with Crippen LogP contribution in [0.1, 0.15) is 18.4 Å². The number of halogens is 1. The van der Waals surface area contributed by atoms with Gasteiger partial charge in [0.15, 0.2) is 0 Å². The van der Waals surface area contributed by atoms with Gasteiger partial charge in [-0.15, -0.1) is 0 Å². The lowest BCUT2D eigenvalue weighted by molar-refractivity contribution is 0.465. The molecule has 1 aliphatic heterocycles. The zero-order valence-electron chi connectivity index (χ0n) is 11.1. The van der Waals surface area contributed by atoms with Crippen molar-refractivity contribution in [3.63, 3.8) is 0 Å². The summed E-state index contributed by atoms with van der Waals surface area (Å²) < 4.78 is 26.2. The highest BCUT2D eigenvalue weighted by atomic mass is 79.9. The third kappa shape index (κ3) is 4.15. The number of hydrogen-bond donors (Lipinski definition) is 1. The van der Waals surface area contributed by atoms with Crippen molar-refractivity contribution in [2.24, 2.45) is 0 Å². The minimum absolute atomic E-state index is 0.0337. The molecule has 0 saturated carbocycles. The number of pyridine rings is 1. The van der Waals surface area contributed by atoms with E-state index in [1.165, 1.54) is 6.26 Å². The molecule has 1 atom stereocenters. The monoisotopic (exact) mass is 347 g/mol. The molecule has 7 heteroatoms. The summed E-state index contributed by atoms with van der Waals surface area (Å²) in [5, 5.41) is 0. The second-order valence-corrected chi connectivity index (χ2v) is 7.66. The summed E-state index contributed by atoms with van der Waals surface area (Å²) in [6.07, 6.45) is 4.81. The Bertz CT molecular complexity index is 562. The quantitative estimate of drug-likeness (QED) is 0.903. The SMILES string of the molecule is Cc1cc(Br)cnc1N1CCCC(NS(C)(=O)=O)C1. The molecule has 1 aromatic heterocycles. The van der Waals surface area contributed by atoms with Gasteiger partial charge in [0, 0.05) is 29.8 Å². The molecular weight excluding hydrogens is 330 g/mol. The van der Waals surface area contributed by atoms with Crippen molar-refractivity contribution in [1.82, 2.24) is 9.71 Å². The number of nitrogens with zero attached hydrogens (tertiary/aromatic N) is 2. The van der Waals surface area contributed by atoms with Gasteiger partial charge >= 0.3 is 0 Å². The van der Waals surface area contributed by atoms with E-state index in [0.29, 0.717) is 6.54 Å². The molecule has 19 heavy (non-hydrogen) atoms. The number of aromatic nitrogens is 1. The Labute approximate surface area is 122 Å². The van der Waals surface area contributed by atoms with E-state index in [1.54, 1.807) is 6.20 Å². The fourth-order valence-corrected chi connectivity index (χ4v) is 3.68. The van der Waals surface area contributed by atoms with Crippen molar-refractivity contribution in [2.45, 2.75) is 25.8 Å². The van der Waals surface area contributed by atoms with Gasteiger partial charge in [-0.25, -0.2) is 18.1 Å². The zero-order chi connectivity index (χ0) is 14.0. The lowest BCUT2D eigenvalue weighted by Gasteiger charge is -2.34. The molecule has 1 saturated heterocycles. The minimum atomic E-state index is -3.15. The first-order valence-corrected chi connectivity index (χ1v) is 8.88. The van der Waals surface area contributed by atoms with Gasteiger partial charge < -0.3 is 4.90 Å². The molecule has 1 unspecified atom stereocenters. The number of hydrogen-bond acceptors (Lipinski definition) is 4. The van der Waals surface area contributed by atoms with Crippen LogP contribution in [0.2, 0.25) is 0 Å². The van der Waals surface area contributed by atoms with Crippen LogP contribution in [0.25, 0.3) is 0 Å². The second kappa shape index (κ2) is 5.76. The van der Waals surface area contributed by atoms with Crippen molar-refractivity contribution in [1.29, 1.82) is 0 Å². The molecule has 0 spiro atoms. The summed E-state index contributed by atoms with van der Waals surface area (Å²) in [5.74, 6) is 0.934. The average molecular weight is 348 g/mol. The van der Waals surface area contributed by atoms with Gasteiger partial charge in [0.05, 0.1) is 6.26 Å². The van der Waals surface area contributed by atoms with Gasteiger partial charge in [0.25, 0.3) is 0 Å². The van der Waals surface area contributed by atoms with E-state index in [1.807, 2.05) is 13.0 Å². The van der Waals surface area contributed by atoms with E-state index in [0.717, 1.165) is 35.2 Å². The molecule has 5 nitrogen and oxygen atoms in total. The van der Waals surface area contributed by atoms with Crippen LogP contribution >= 0.6 is 15.9 Å². The Kier molecular flexibility index (Phi) is 4.47. The molecule has 0 aromatic carbocycles. The Morgan fingerprint density at radius 3 is 2.89 bits per heavy atom. The summed E-state index contributed by atoms with van der Waals surface area (Å²) >= 11 is 3.40. The molecule has 0 radical (unpaired) electrons. The first-order chi connectivity index (χ1) is 8.85. The number of anilines is 1. The summed E-state index contributed by atoms with van der Waals surface area (Å²) in [7, 11) is -3.15. The van der Waals surface area contributed by atoms with Gasteiger partial charge in [-0.1, -0.05) is 0 Å². The smallest absolute Gasteiger partial charge is 0.209 e. The Balaban J connectivity index is 2.12. The highest BCUT2D eigenvalue weighted by Gasteiger charge is 2.24. The van der Waals surface area contributed by atoms with Crippen LogP contribution in [0.3, 0.4) is 0 Å². The molecule has 1 N–H and O–H groups in total. The van der Waals surface area contributed by atoms with E-state index in [4.69, 9.17) is 0 Å². The minimum Gasteiger partial charge on any atom is -0.355 e. The number of rotatable bonds is 3. The maximum absolute atomic E-state index is 11.3. The van der Waals surface area contributed by atoms with E-state index >= 15 is 0 Å². The molecular formula is C12H18BrN3O2S. The van der Waals surface area contributed by atoms with Crippen LogP contribution in [0.15, 0.2) is 16.7 Å². The Morgan fingerprint density at radius 1 is 1.53 bits per heavy atom. The highest BCUT2D eigenvalue weighted by molar-refractivity contribution is 9.10. The van der Waals surface area contributed by atoms with Gasteiger partial charge in [0.1, 0.15) is 5.82 Å². The lowest BCUT2D eigenvalue weighted by Crippen LogP contribution is -2.47. The van der Waals surface area contributed by atoms with Gasteiger partial charge in [0.2, 0.25) is 10.0 Å². The average Bonchev–Trinajstić information content (AvgIpc) is 2.26. The highest BCUT2D eigenvalue weighted by Crippen LogP contribution is 2.24. The molecule has 0 aliphatic carbocycles. The standard InChI is InChI=1S/C12H18BrN3O2S/c1-9-6-10(13)7-14-12(9)16-5-3-4-11(8-16)15-19(2,17)18/h6-7,11,15H,3-5,8H2,1-2H3. The maximum atomic E-state index is 11.3. The second-order valence-electron chi connectivity index (χ2n) is 4.97.